The number of nitrogens with zero attached hydrogens (tertiary/aromatic N) is 2. The highest BCUT2D eigenvalue weighted by Gasteiger charge is 2.22. The molecule has 1 aliphatic heterocycles. The van der Waals surface area contributed by atoms with Crippen LogP contribution in [0.25, 0.3) is 0 Å². The molecule has 1 aliphatic carbocycles. The maximum atomic E-state index is 12.4. The van der Waals surface area contributed by atoms with Crippen molar-refractivity contribution >= 4 is 23.2 Å². The number of fused-ring (bicyclic) bond motifs is 1. The number of amides is 2. The maximum absolute atomic E-state index is 12.4. The van der Waals surface area contributed by atoms with Crippen LogP contribution < -0.4 is 5.32 Å². The largest absolute Gasteiger partial charge is 0.326 e. The molecule has 4 rings (SSSR count). The van der Waals surface area contributed by atoms with E-state index in [0.29, 0.717) is 6.54 Å². The van der Waals surface area contributed by atoms with Crippen molar-refractivity contribution in [3.63, 3.8) is 0 Å². The first-order chi connectivity index (χ1) is 13.2. The van der Waals surface area contributed by atoms with Crippen molar-refractivity contribution in [2.75, 3.05) is 11.9 Å². The van der Waals surface area contributed by atoms with Gasteiger partial charge in [-0.1, -0.05) is 36.4 Å². The molecule has 0 fully saturated rings. The van der Waals surface area contributed by atoms with Crippen molar-refractivity contribution in [3.05, 3.63) is 65.2 Å². The van der Waals surface area contributed by atoms with E-state index in [4.69, 9.17) is 0 Å². The highest BCUT2D eigenvalue weighted by molar-refractivity contribution is 6.02. The lowest BCUT2D eigenvalue weighted by molar-refractivity contribution is -0.132. The first-order valence-electron chi connectivity index (χ1n) is 9.54. The molecule has 0 saturated heterocycles. The molecule has 0 radical (unpaired) electrons. The molecule has 1 N–H and O–H groups in total. The fourth-order valence-corrected chi connectivity index (χ4v) is 3.69. The molecule has 0 saturated carbocycles. The van der Waals surface area contributed by atoms with Crippen molar-refractivity contribution in [1.82, 2.24) is 5.01 Å². The highest BCUT2D eigenvalue weighted by atomic mass is 16.2. The number of carbonyl (C=O) groups excluding carboxylic acids is 2. The summed E-state index contributed by atoms with van der Waals surface area (Å²) < 4.78 is 0. The fraction of sp³-hybridized carbons (Fsp3) is 0.318. The minimum atomic E-state index is -0.132. The van der Waals surface area contributed by atoms with Gasteiger partial charge in [-0.05, 0) is 48.1 Å². The normalized spacial score (nSPS) is 15.4. The van der Waals surface area contributed by atoms with Crippen LogP contribution in [0.4, 0.5) is 5.69 Å². The van der Waals surface area contributed by atoms with Gasteiger partial charge in [-0.3, -0.25) is 9.59 Å². The Morgan fingerprint density at radius 3 is 2.63 bits per heavy atom. The SMILES string of the molecule is O=C(CCC(=O)N1CCC(c2ccccc2)=N1)Nc1ccc2c(c1)CCC2. The Morgan fingerprint density at radius 1 is 0.963 bits per heavy atom. The number of hydrazone groups is 1. The third kappa shape index (κ3) is 4.08. The quantitative estimate of drug-likeness (QED) is 0.885. The molecule has 5 nitrogen and oxygen atoms in total. The second-order valence-corrected chi connectivity index (χ2v) is 7.06. The highest BCUT2D eigenvalue weighted by Crippen LogP contribution is 2.25. The third-order valence-corrected chi connectivity index (χ3v) is 5.14. The molecule has 138 valence electrons. The number of benzene rings is 2. The van der Waals surface area contributed by atoms with Crippen molar-refractivity contribution in [1.29, 1.82) is 0 Å². The van der Waals surface area contributed by atoms with E-state index in [1.165, 1.54) is 22.6 Å². The van der Waals surface area contributed by atoms with Crippen molar-refractivity contribution in [3.8, 4) is 0 Å². The molecule has 1 heterocycles. The maximum Gasteiger partial charge on any atom is 0.243 e. The standard InChI is InChI=1S/C22H23N3O2/c26-21(23-19-10-9-16-7-4-8-18(16)15-19)11-12-22(27)25-14-13-20(24-25)17-5-2-1-3-6-17/h1-3,5-6,9-10,15H,4,7-8,11-14H2,(H,23,26). The average molecular weight is 361 g/mol. The van der Waals surface area contributed by atoms with E-state index in [-0.39, 0.29) is 24.7 Å². The van der Waals surface area contributed by atoms with Gasteiger partial charge in [-0.2, -0.15) is 5.10 Å². The lowest BCUT2D eigenvalue weighted by Gasteiger charge is -2.11. The third-order valence-electron chi connectivity index (χ3n) is 5.14. The van der Waals surface area contributed by atoms with Crippen LogP contribution in [0.3, 0.4) is 0 Å². The predicted octanol–water partition coefficient (Wildman–Crippen LogP) is 3.53. The van der Waals surface area contributed by atoms with E-state index in [1.807, 2.05) is 36.4 Å². The molecule has 0 bridgehead atoms. The van der Waals surface area contributed by atoms with Gasteiger partial charge in [0, 0.05) is 24.9 Å². The summed E-state index contributed by atoms with van der Waals surface area (Å²) in [6.07, 6.45) is 4.47. The van der Waals surface area contributed by atoms with E-state index in [1.54, 1.807) is 0 Å². The van der Waals surface area contributed by atoms with Crippen molar-refractivity contribution < 1.29 is 9.59 Å². The fourth-order valence-electron chi connectivity index (χ4n) is 3.69. The molecule has 2 aliphatic rings. The Kier molecular flexibility index (Phi) is 5.01. The van der Waals surface area contributed by atoms with Crippen LogP contribution in [-0.2, 0) is 22.4 Å². The first-order valence-corrected chi connectivity index (χ1v) is 9.54. The predicted molar refractivity (Wildman–Crippen MR) is 106 cm³/mol. The van der Waals surface area contributed by atoms with Gasteiger partial charge in [0.1, 0.15) is 0 Å². The number of carbonyl (C=O) groups is 2. The average Bonchev–Trinajstić information content (AvgIpc) is 3.36. The summed E-state index contributed by atoms with van der Waals surface area (Å²) in [7, 11) is 0. The molecule has 27 heavy (non-hydrogen) atoms. The van der Waals surface area contributed by atoms with Crippen molar-refractivity contribution in [2.45, 2.75) is 38.5 Å². The van der Waals surface area contributed by atoms with Gasteiger partial charge in [0.25, 0.3) is 0 Å². The number of anilines is 1. The van der Waals surface area contributed by atoms with Gasteiger partial charge in [-0.15, -0.1) is 0 Å². The zero-order chi connectivity index (χ0) is 18.6. The molecule has 2 aromatic carbocycles. The summed E-state index contributed by atoms with van der Waals surface area (Å²) in [6.45, 7) is 0.579. The Hall–Kier alpha value is -2.95. The molecule has 2 aromatic rings. The van der Waals surface area contributed by atoms with Gasteiger partial charge < -0.3 is 5.32 Å². The van der Waals surface area contributed by atoms with Crippen LogP contribution in [0.5, 0.6) is 0 Å². The Morgan fingerprint density at radius 2 is 1.78 bits per heavy atom. The number of nitrogens with one attached hydrogen (secondary N) is 1. The number of hydrogen-bond donors (Lipinski definition) is 1. The van der Waals surface area contributed by atoms with E-state index in [0.717, 1.165) is 36.2 Å². The van der Waals surface area contributed by atoms with Crippen LogP contribution in [0.1, 0.15) is 42.4 Å². The molecule has 0 atom stereocenters. The Balaban J connectivity index is 1.29. The summed E-state index contributed by atoms with van der Waals surface area (Å²) in [4.78, 5) is 24.6. The Bertz CT molecular complexity index is 890. The summed E-state index contributed by atoms with van der Waals surface area (Å²) in [5, 5.41) is 8.83. The van der Waals surface area contributed by atoms with Crippen LogP contribution >= 0.6 is 0 Å². The van der Waals surface area contributed by atoms with Gasteiger partial charge in [-0.25, -0.2) is 5.01 Å². The lowest BCUT2D eigenvalue weighted by atomic mass is 10.1. The molecule has 0 aromatic heterocycles. The van der Waals surface area contributed by atoms with E-state index in [2.05, 4.69) is 22.6 Å². The zero-order valence-electron chi connectivity index (χ0n) is 15.3. The van der Waals surface area contributed by atoms with Gasteiger partial charge in [0.15, 0.2) is 0 Å². The second kappa shape index (κ2) is 7.74. The van der Waals surface area contributed by atoms with Crippen LogP contribution in [0.2, 0.25) is 0 Å². The molecule has 2 amide bonds. The number of rotatable bonds is 5. The second-order valence-electron chi connectivity index (χ2n) is 7.06. The monoisotopic (exact) mass is 361 g/mol. The van der Waals surface area contributed by atoms with Gasteiger partial charge >= 0.3 is 0 Å². The molecular formula is C22H23N3O2. The smallest absolute Gasteiger partial charge is 0.243 e. The number of hydrogen-bond acceptors (Lipinski definition) is 3. The van der Waals surface area contributed by atoms with E-state index < -0.39 is 0 Å². The van der Waals surface area contributed by atoms with E-state index >= 15 is 0 Å². The molecule has 0 spiro atoms. The molecule has 5 heteroatoms. The minimum Gasteiger partial charge on any atom is -0.326 e. The zero-order valence-corrected chi connectivity index (χ0v) is 15.3. The van der Waals surface area contributed by atoms with Crippen LogP contribution in [0, 0.1) is 0 Å². The molecule has 0 unspecified atom stereocenters. The van der Waals surface area contributed by atoms with E-state index in [9.17, 15) is 9.59 Å². The first kappa shape index (κ1) is 17.5. The van der Waals surface area contributed by atoms with Gasteiger partial charge in [0.05, 0.1) is 12.3 Å². The minimum absolute atomic E-state index is 0.106. The van der Waals surface area contributed by atoms with Crippen LogP contribution in [-0.4, -0.2) is 29.1 Å². The number of aryl methyl sites for hydroxylation is 2. The molecular weight excluding hydrogens is 338 g/mol. The summed E-state index contributed by atoms with van der Waals surface area (Å²) >= 11 is 0. The lowest BCUT2D eigenvalue weighted by Crippen LogP contribution is -2.25. The van der Waals surface area contributed by atoms with Gasteiger partial charge in [0.2, 0.25) is 11.8 Å². The summed E-state index contributed by atoms with van der Waals surface area (Å²) in [5.74, 6) is -0.238. The Labute approximate surface area is 159 Å². The van der Waals surface area contributed by atoms with Crippen molar-refractivity contribution in [2.24, 2.45) is 5.10 Å². The topological polar surface area (TPSA) is 61.8 Å². The summed E-state index contributed by atoms with van der Waals surface area (Å²) in [6, 6.07) is 16.0. The van der Waals surface area contributed by atoms with Crippen LogP contribution in [0.15, 0.2) is 53.6 Å². The summed E-state index contributed by atoms with van der Waals surface area (Å²) in [5.41, 5.74) is 5.49.